The fraction of sp³-hybridized carbons (Fsp3) is 1.00. The first-order valence-corrected chi connectivity index (χ1v) is 2.52. The van der Waals surface area contributed by atoms with Crippen LogP contribution in [0.1, 0.15) is 0 Å². The number of nitrogens with two attached hydrogens (primary N) is 1. The second-order valence-corrected chi connectivity index (χ2v) is 1.48. The number of halogens is 1. The van der Waals surface area contributed by atoms with Crippen LogP contribution in [0, 0.1) is 0 Å². The van der Waals surface area contributed by atoms with Crippen LogP contribution in [0.25, 0.3) is 0 Å². The van der Waals surface area contributed by atoms with Gasteiger partial charge in [-0.05, 0) is 0 Å². The van der Waals surface area contributed by atoms with Crippen molar-refractivity contribution in [3.63, 3.8) is 0 Å². The first kappa shape index (κ1) is 11.9. The predicted molar refractivity (Wildman–Crippen MR) is 37.2 cm³/mol. The molecule has 4 nitrogen and oxygen atoms in total. The maximum Gasteiger partial charge on any atom is 0.0572 e. The molecule has 0 rings (SSSR count). The molecule has 0 heterocycles. The van der Waals surface area contributed by atoms with Gasteiger partial charge in [-0.15, -0.1) is 12.4 Å². The van der Waals surface area contributed by atoms with E-state index >= 15 is 0 Å². The van der Waals surface area contributed by atoms with E-state index in [0.717, 1.165) is 0 Å². The Morgan fingerprint density at radius 3 is 1.67 bits per heavy atom. The summed E-state index contributed by atoms with van der Waals surface area (Å²) < 4.78 is 0. The van der Waals surface area contributed by atoms with Gasteiger partial charge in [0.25, 0.3) is 0 Å². The standard InChI is InChI=1S/C4H12N2O2.ClH/c5-6(1-3-7)2-4-8;/h7-8H,1-5H2;1H. The summed E-state index contributed by atoms with van der Waals surface area (Å²) in [6.45, 7) is 0.911. The van der Waals surface area contributed by atoms with Gasteiger partial charge in [0.2, 0.25) is 0 Å². The Labute approximate surface area is 60.6 Å². The van der Waals surface area contributed by atoms with Crippen LogP contribution in [0.15, 0.2) is 0 Å². The van der Waals surface area contributed by atoms with Crippen molar-refractivity contribution in [1.82, 2.24) is 5.01 Å². The van der Waals surface area contributed by atoms with Crippen LogP contribution in [-0.2, 0) is 0 Å². The number of nitrogens with zero attached hydrogens (tertiary/aromatic N) is 1. The molecule has 0 aromatic heterocycles. The van der Waals surface area contributed by atoms with E-state index in [1.165, 1.54) is 5.01 Å². The van der Waals surface area contributed by atoms with Crippen molar-refractivity contribution in [2.75, 3.05) is 26.3 Å². The summed E-state index contributed by atoms with van der Waals surface area (Å²) in [6, 6.07) is 0. The van der Waals surface area contributed by atoms with Gasteiger partial charge in [-0.1, -0.05) is 0 Å². The Hall–Kier alpha value is 0.130. The average Bonchev–Trinajstić information content (AvgIpc) is 1.68. The molecule has 0 saturated heterocycles. The number of rotatable bonds is 4. The lowest BCUT2D eigenvalue weighted by Crippen LogP contribution is -2.35. The first-order chi connectivity index (χ1) is 3.81. The molecule has 0 bridgehead atoms. The molecule has 0 aromatic rings. The Bertz CT molecular complexity index is 49.8. The van der Waals surface area contributed by atoms with E-state index in [2.05, 4.69) is 0 Å². The van der Waals surface area contributed by atoms with Gasteiger partial charge in [0, 0.05) is 13.1 Å². The fourth-order valence-corrected chi connectivity index (χ4v) is 0.369. The van der Waals surface area contributed by atoms with Crippen molar-refractivity contribution in [1.29, 1.82) is 0 Å². The van der Waals surface area contributed by atoms with E-state index in [1.807, 2.05) is 0 Å². The van der Waals surface area contributed by atoms with Gasteiger partial charge >= 0.3 is 0 Å². The highest BCUT2D eigenvalue weighted by Crippen LogP contribution is 1.71. The van der Waals surface area contributed by atoms with Gasteiger partial charge in [0.15, 0.2) is 0 Å². The largest absolute Gasteiger partial charge is 0.395 e. The van der Waals surface area contributed by atoms with E-state index in [1.54, 1.807) is 0 Å². The minimum atomic E-state index is 0. The third-order valence-electron chi connectivity index (χ3n) is 0.774. The number of hydrazine groups is 1. The van der Waals surface area contributed by atoms with Gasteiger partial charge < -0.3 is 10.2 Å². The van der Waals surface area contributed by atoms with Crippen molar-refractivity contribution >= 4 is 12.4 Å². The van der Waals surface area contributed by atoms with Crippen LogP contribution < -0.4 is 5.84 Å². The van der Waals surface area contributed by atoms with Crippen molar-refractivity contribution in [3.8, 4) is 0 Å². The zero-order chi connectivity index (χ0) is 6.41. The van der Waals surface area contributed by atoms with Gasteiger partial charge in [-0.3, -0.25) is 5.84 Å². The molecule has 5 heteroatoms. The Balaban J connectivity index is 0. The highest BCUT2D eigenvalue weighted by Gasteiger charge is 1.92. The van der Waals surface area contributed by atoms with Gasteiger partial charge in [0.05, 0.1) is 13.2 Å². The van der Waals surface area contributed by atoms with Crippen molar-refractivity contribution < 1.29 is 10.2 Å². The lowest BCUT2D eigenvalue weighted by atomic mass is 10.6. The lowest BCUT2D eigenvalue weighted by molar-refractivity contribution is 0.163. The molecule has 0 fully saturated rings. The van der Waals surface area contributed by atoms with Crippen molar-refractivity contribution in [2.24, 2.45) is 5.84 Å². The van der Waals surface area contributed by atoms with Gasteiger partial charge in [0.1, 0.15) is 0 Å². The molecule has 4 N–H and O–H groups in total. The van der Waals surface area contributed by atoms with Gasteiger partial charge in [-0.2, -0.15) is 0 Å². The van der Waals surface area contributed by atoms with Crippen molar-refractivity contribution in [3.05, 3.63) is 0 Å². The predicted octanol–water partition coefficient (Wildman–Crippen LogP) is -1.43. The molecule has 0 aliphatic rings. The van der Waals surface area contributed by atoms with E-state index in [0.29, 0.717) is 13.1 Å². The summed E-state index contributed by atoms with van der Waals surface area (Å²) in [4.78, 5) is 0. The quantitative estimate of drug-likeness (QED) is 0.345. The van der Waals surface area contributed by atoms with E-state index in [-0.39, 0.29) is 25.6 Å². The summed E-state index contributed by atoms with van der Waals surface area (Å²) in [5.74, 6) is 5.21. The molecule has 0 unspecified atom stereocenters. The molecular weight excluding hydrogens is 144 g/mol. The Kier molecular flexibility index (Phi) is 10.7. The molecule has 9 heavy (non-hydrogen) atoms. The molecule has 0 amide bonds. The van der Waals surface area contributed by atoms with Crippen LogP contribution in [0.5, 0.6) is 0 Å². The molecule has 0 aliphatic heterocycles. The minimum absolute atomic E-state index is 0. The molecule has 58 valence electrons. The third kappa shape index (κ3) is 8.13. The fourth-order valence-electron chi connectivity index (χ4n) is 0.369. The number of aliphatic hydroxyl groups excluding tert-OH is 2. The van der Waals surface area contributed by atoms with Crippen molar-refractivity contribution in [2.45, 2.75) is 0 Å². The monoisotopic (exact) mass is 156 g/mol. The maximum atomic E-state index is 8.26. The second kappa shape index (κ2) is 8.13. The Morgan fingerprint density at radius 1 is 1.11 bits per heavy atom. The van der Waals surface area contributed by atoms with Gasteiger partial charge in [-0.25, -0.2) is 5.01 Å². The molecule has 0 saturated carbocycles. The molecule has 0 aliphatic carbocycles. The van der Waals surface area contributed by atoms with Crippen LogP contribution in [-0.4, -0.2) is 41.5 Å². The number of hydrogen-bond donors (Lipinski definition) is 3. The smallest absolute Gasteiger partial charge is 0.0572 e. The zero-order valence-electron chi connectivity index (χ0n) is 5.16. The highest BCUT2D eigenvalue weighted by molar-refractivity contribution is 5.85. The zero-order valence-corrected chi connectivity index (χ0v) is 5.97. The third-order valence-corrected chi connectivity index (χ3v) is 0.774. The maximum absolute atomic E-state index is 8.26. The Morgan fingerprint density at radius 2 is 1.44 bits per heavy atom. The lowest BCUT2D eigenvalue weighted by Gasteiger charge is -2.11. The van der Waals surface area contributed by atoms with E-state index < -0.39 is 0 Å². The topological polar surface area (TPSA) is 69.7 Å². The second-order valence-electron chi connectivity index (χ2n) is 1.48. The normalized spacial score (nSPS) is 9.33. The highest BCUT2D eigenvalue weighted by atomic mass is 35.5. The SMILES string of the molecule is Cl.NN(CCO)CCO. The molecule has 0 spiro atoms. The molecular formula is C4H13ClN2O2. The molecule has 0 radical (unpaired) electrons. The minimum Gasteiger partial charge on any atom is -0.395 e. The molecule has 0 aromatic carbocycles. The number of hydrogen-bond acceptors (Lipinski definition) is 4. The van der Waals surface area contributed by atoms with Crippen LogP contribution in [0.4, 0.5) is 0 Å². The van der Waals surface area contributed by atoms with E-state index in [9.17, 15) is 0 Å². The van der Waals surface area contributed by atoms with Crippen LogP contribution in [0.3, 0.4) is 0 Å². The van der Waals surface area contributed by atoms with Crippen LogP contribution >= 0.6 is 12.4 Å². The first-order valence-electron chi connectivity index (χ1n) is 2.52. The van der Waals surface area contributed by atoms with Crippen LogP contribution in [0.2, 0.25) is 0 Å². The molecule has 0 atom stereocenters. The summed E-state index contributed by atoms with van der Waals surface area (Å²) >= 11 is 0. The summed E-state index contributed by atoms with van der Waals surface area (Å²) in [7, 11) is 0. The summed E-state index contributed by atoms with van der Waals surface area (Å²) in [5.41, 5.74) is 0. The average molecular weight is 157 g/mol. The summed E-state index contributed by atoms with van der Waals surface area (Å²) in [5, 5.41) is 17.9. The summed E-state index contributed by atoms with van der Waals surface area (Å²) in [6.07, 6.45) is 0. The van der Waals surface area contributed by atoms with E-state index in [4.69, 9.17) is 16.1 Å². The number of aliphatic hydroxyl groups is 2.